The summed E-state index contributed by atoms with van der Waals surface area (Å²) in [6, 6.07) is 5.40. The highest BCUT2D eigenvalue weighted by atomic mass is 35.5. The smallest absolute Gasteiger partial charge is 0.138 e. The second-order valence-corrected chi connectivity index (χ2v) is 4.49. The Morgan fingerprint density at radius 3 is 2.56 bits per heavy atom. The molecule has 90 valence electrons. The number of hydrogen-bond donors (Lipinski definition) is 1. The number of hydrogen-bond acceptors (Lipinski definition) is 2. The molecule has 0 heterocycles. The van der Waals surface area contributed by atoms with Crippen LogP contribution in [-0.2, 0) is 0 Å². The van der Waals surface area contributed by atoms with Crippen LogP contribution in [0.25, 0.3) is 0 Å². The van der Waals surface area contributed by atoms with Crippen LogP contribution in [-0.4, -0.2) is 11.2 Å². The summed E-state index contributed by atoms with van der Waals surface area (Å²) in [4.78, 5) is 0. The first-order chi connectivity index (χ1) is 7.54. The van der Waals surface area contributed by atoms with Gasteiger partial charge in [-0.3, -0.25) is 0 Å². The van der Waals surface area contributed by atoms with E-state index in [4.69, 9.17) is 16.3 Å². The van der Waals surface area contributed by atoms with E-state index in [1.165, 1.54) is 0 Å². The molecule has 0 aliphatic heterocycles. The second kappa shape index (κ2) is 6.12. The maximum Gasteiger partial charge on any atom is 0.138 e. The fraction of sp³-hybridized carbons (Fsp3) is 0.538. The van der Waals surface area contributed by atoms with Gasteiger partial charge in [-0.15, -0.1) is 0 Å². The lowest BCUT2D eigenvalue weighted by molar-refractivity contribution is 0.197. The average molecular weight is 243 g/mol. The second-order valence-electron chi connectivity index (χ2n) is 4.08. The zero-order chi connectivity index (χ0) is 12.1. The quantitative estimate of drug-likeness (QED) is 0.847. The van der Waals surface area contributed by atoms with Crippen LogP contribution in [0.15, 0.2) is 18.2 Å². The zero-order valence-corrected chi connectivity index (χ0v) is 10.8. The molecule has 0 radical (unpaired) electrons. The maximum atomic E-state index is 9.41. The summed E-state index contributed by atoms with van der Waals surface area (Å²) in [6.07, 6.45) is 1.76. The Kier molecular flexibility index (Phi) is 5.10. The van der Waals surface area contributed by atoms with Crippen molar-refractivity contribution in [3.05, 3.63) is 28.8 Å². The summed E-state index contributed by atoms with van der Waals surface area (Å²) < 4.78 is 5.71. The molecule has 2 atom stereocenters. The van der Waals surface area contributed by atoms with E-state index in [0.29, 0.717) is 10.8 Å². The van der Waals surface area contributed by atoms with E-state index in [9.17, 15) is 5.11 Å². The standard InChI is InChI=1S/C13H19ClO2/c1-4-5-9(2)16-13-7-6-11(10(3)15)8-12(13)14/h6-10,15H,4-5H2,1-3H3. The van der Waals surface area contributed by atoms with E-state index in [1.54, 1.807) is 13.0 Å². The third-order valence-corrected chi connectivity index (χ3v) is 2.76. The molecule has 2 nitrogen and oxygen atoms in total. The third kappa shape index (κ3) is 3.69. The van der Waals surface area contributed by atoms with Gasteiger partial charge >= 0.3 is 0 Å². The molecular formula is C13H19ClO2. The SMILES string of the molecule is CCCC(C)Oc1ccc(C(C)O)cc1Cl. The number of aliphatic hydroxyl groups is 1. The summed E-state index contributed by atoms with van der Waals surface area (Å²) in [6.45, 7) is 5.87. The van der Waals surface area contributed by atoms with Gasteiger partial charge in [-0.1, -0.05) is 31.0 Å². The summed E-state index contributed by atoms with van der Waals surface area (Å²) in [5, 5.41) is 9.96. The van der Waals surface area contributed by atoms with Crippen molar-refractivity contribution in [3.8, 4) is 5.75 Å². The molecule has 2 unspecified atom stereocenters. The largest absolute Gasteiger partial charge is 0.489 e. The molecule has 0 aromatic heterocycles. The number of halogens is 1. The van der Waals surface area contributed by atoms with Gasteiger partial charge in [-0.2, -0.15) is 0 Å². The van der Waals surface area contributed by atoms with Gasteiger partial charge in [0.2, 0.25) is 0 Å². The first kappa shape index (κ1) is 13.3. The molecule has 1 aromatic rings. The minimum atomic E-state index is -0.500. The van der Waals surface area contributed by atoms with Crippen molar-refractivity contribution in [3.63, 3.8) is 0 Å². The van der Waals surface area contributed by atoms with Gasteiger partial charge in [0.1, 0.15) is 5.75 Å². The number of rotatable bonds is 5. The van der Waals surface area contributed by atoms with E-state index in [-0.39, 0.29) is 6.10 Å². The molecular weight excluding hydrogens is 224 g/mol. The van der Waals surface area contributed by atoms with E-state index < -0.39 is 6.10 Å². The van der Waals surface area contributed by atoms with Gasteiger partial charge in [0.05, 0.1) is 17.2 Å². The Bertz CT molecular complexity index is 337. The molecule has 1 aromatic carbocycles. The van der Waals surface area contributed by atoms with Crippen LogP contribution in [0.1, 0.15) is 45.3 Å². The molecule has 1 rings (SSSR count). The fourth-order valence-corrected chi connectivity index (χ4v) is 1.79. The number of benzene rings is 1. The van der Waals surface area contributed by atoms with Gasteiger partial charge in [-0.25, -0.2) is 0 Å². The monoisotopic (exact) mass is 242 g/mol. The van der Waals surface area contributed by atoms with E-state index in [2.05, 4.69) is 6.92 Å². The molecule has 1 N–H and O–H groups in total. The van der Waals surface area contributed by atoms with Crippen LogP contribution < -0.4 is 4.74 Å². The van der Waals surface area contributed by atoms with Crippen molar-refractivity contribution >= 4 is 11.6 Å². The van der Waals surface area contributed by atoms with E-state index in [1.807, 2.05) is 19.1 Å². The molecule has 0 spiro atoms. The molecule has 0 saturated heterocycles. The Morgan fingerprint density at radius 2 is 2.06 bits per heavy atom. The summed E-state index contributed by atoms with van der Waals surface area (Å²) >= 11 is 6.08. The van der Waals surface area contributed by atoms with Crippen LogP contribution in [0.4, 0.5) is 0 Å². The topological polar surface area (TPSA) is 29.5 Å². The summed E-state index contributed by atoms with van der Waals surface area (Å²) in [5.41, 5.74) is 0.806. The molecule has 0 aliphatic carbocycles. The predicted molar refractivity (Wildman–Crippen MR) is 67.1 cm³/mol. The Hall–Kier alpha value is -0.730. The highest BCUT2D eigenvalue weighted by Crippen LogP contribution is 2.29. The van der Waals surface area contributed by atoms with E-state index >= 15 is 0 Å². The molecule has 0 fully saturated rings. The summed E-state index contributed by atoms with van der Waals surface area (Å²) in [7, 11) is 0. The lowest BCUT2D eigenvalue weighted by Crippen LogP contribution is -2.11. The van der Waals surface area contributed by atoms with Gasteiger partial charge < -0.3 is 9.84 Å². The zero-order valence-electron chi connectivity index (χ0n) is 10.0. The van der Waals surface area contributed by atoms with Gasteiger partial charge in [0.15, 0.2) is 0 Å². The molecule has 0 aliphatic rings. The Morgan fingerprint density at radius 1 is 1.38 bits per heavy atom. The van der Waals surface area contributed by atoms with Crippen molar-refractivity contribution in [2.45, 2.75) is 45.8 Å². The number of ether oxygens (including phenoxy) is 1. The molecule has 3 heteroatoms. The molecule has 16 heavy (non-hydrogen) atoms. The molecule has 0 saturated carbocycles. The Balaban J connectivity index is 2.75. The van der Waals surface area contributed by atoms with Crippen LogP contribution in [0.3, 0.4) is 0 Å². The van der Waals surface area contributed by atoms with Crippen LogP contribution >= 0.6 is 11.6 Å². The minimum absolute atomic E-state index is 0.167. The van der Waals surface area contributed by atoms with Crippen molar-refractivity contribution in [1.29, 1.82) is 0 Å². The lowest BCUT2D eigenvalue weighted by atomic mass is 10.1. The van der Waals surface area contributed by atoms with Gasteiger partial charge in [0, 0.05) is 0 Å². The van der Waals surface area contributed by atoms with Crippen molar-refractivity contribution in [2.75, 3.05) is 0 Å². The normalized spacial score (nSPS) is 14.6. The lowest BCUT2D eigenvalue weighted by Gasteiger charge is -2.16. The third-order valence-electron chi connectivity index (χ3n) is 2.46. The van der Waals surface area contributed by atoms with Crippen LogP contribution in [0, 0.1) is 0 Å². The minimum Gasteiger partial charge on any atom is -0.489 e. The Labute approximate surface area is 102 Å². The fourth-order valence-electron chi connectivity index (χ4n) is 1.55. The molecule has 0 amide bonds. The summed E-state index contributed by atoms with van der Waals surface area (Å²) in [5.74, 6) is 0.687. The average Bonchev–Trinajstić information content (AvgIpc) is 2.21. The predicted octanol–water partition coefficient (Wildman–Crippen LogP) is 3.96. The van der Waals surface area contributed by atoms with Gasteiger partial charge in [-0.05, 0) is 38.0 Å². The van der Waals surface area contributed by atoms with Crippen LogP contribution in [0.2, 0.25) is 5.02 Å². The first-order valence-corrected chi connectivity index (χ1v) is 6.06. The van der Waals surface area contributed by atoms with E-state index in [0.717, 1.165) is 18.4 Å². The first-order valence-electron chi connectivity index (χ1n) is 5.68. The van der Waals surface area contributed by atoms with Crippen molar-refractivity contribution in [1.82, 2.24) is 0 Å². The van der Waals surface area contributed by atoms with Crippen LogP contribution in [0.5, 0.6) is 5.75 Å². The van der Waals surface area contributed by atoms with Gasteiger partial charge in [0.25, 0.3) is 0 Å². The van der Waals surface area contributed by atoms with Crippen molar-refractivity contribution < 1.29 is 9.84 Å². The highest BCUT2D eigenvalue weighted by molar-refractivity contribution is 6.32. The molecule has 0 bridgehead atoms. The van der Waals surface area contributed by atoms with Crippen molar-refractivity contribution in [2.24, 2.45) is 0 Å². The highest BCUT2D eigenvalue weighted by Gasteiger charge is 2.09. The maximum absolute atomic E-state index is 9.41. The number of aliphatic hydroxyl groups excluding tert-OH is 1.